The number of nitro benzene ring substituents is 1. The predicted molar refractivity (Wildman–Crippen MR) is 78.0 cm³/mol. The molecule has 0 unspecified atom stereocenters. The topological polar surface area (TPSA) is 60.2 Å². The fourth-order valence-corrected chi connectivity index (χ4v) is 2.08. The first-order valence-electron chi connectivity index (χ1n) is 5.34. The van der Waals surface area contributed by atoms with Crippen LogP contribution in [0.1, 0.15) is 15.9 Å². The minimum absolute atomic E-state index is 0.0271. The lowest BCUT2D eigenvalue weighted by molar-refractivity contribution is -0.384. The Morgan fingerprint density at radius 3 is 2.00 bits per heavy atom. The standard InChI is InChI=1S/C13H6Cl3NO3/c14-9-3-1-7(5-11(9)16)13(18)8-2-4-10(15)12(6-8)17(19)20/h1-6H. The highest BCUT2D eigenvalue weighted by atomic mass is 35.5. The number of halogens is 3. The summed E-state index contributed by atoms with van der Waals surface area (Å²) in [6.45, 7) is 0. The molecule has 2 aromatic carbocycles. The molecule has 0 radical (unpaired) electrons. The van der Waals surface area contributed by atoms with Crippen molar-refractivity contribution in [1.82, 2.24) is 0 Å². The van der Waals surface area contributed by atoms with E-state index in [1.54, 1.807) is 0 Å². The van der Waals surface area contributed by atoms with Gasteiger partial charge in [-0.15, -0.1) is 0 Å². The monoisotopic (exact) mass is 329 g/mol. The van der Waals surface area contributed by atoms with Gasteiger partial charge >= 0.3 is 0 Å². The molecule has 0 aromatic heterocycles. The van der Waals surface area contributed by atoms with Crippen molar-refractivity contribution in [3.05, 3.63) is 72.7 Å². The number of benzene rings is 2. The Morgan fingerprint density at radius 2 is 1.45 bits per heavy atom. The van der Waals surface area contributed by atoms with Crippen molar-refractivity contribution in [2.45, 2.75) is 0 Å². The highest BCUT2D eigenvalue weighted by molar-refractivity contribution is 6.42. The van der Waals surface area contributed by atoms with Gasteiger partial charge < -0.3 is 0 Å². The van der Waals surface area contributed by atoms with Crippen molar-refractivity contribution >= 4 is 46.3 Å². The van der Waals surface area contributed by atoms with Crippen LogP contribution in [0.2, 0.25) is 15.1 Å². The number of carbonyl (C=O) groups excluding carboxylic acids is 1. The summed E-state index contributed by atoms with van der Waals surface area (Å²) in [5.41, 5.74) is 0.119. The summed E-state index contributed by atoms with van der Waals surface area (Å²) in [6.07, 6.45) is 0. The lowest BCUT2D eigenvalue weighted by Crippen LogP contribution is -2.02. The Morgan fingerprint density at radius 1 is 0.900 bits per heavy atom. The molecule has 0 aliphatic rings. The molecule has 0 amide bonds. The van der Waals surface area contributed by atoms with Crippen LogP contribution in [0, 0.1) is 10.1 Å². The zero-order valence-electron chi connectivity index (χ0n) is 9.77. The highest BCUT2D eigenvalue weighted by Crippen LogP contribution is 2.28. The summed E-state index contributed by atoms with van der Waals surface area (Å²) < 4.78 is 0. The van der Waals surface area contributed by atoms with E-state index in [-0.39, 0.29) is 26.9 Å². The molecule has 0 N–H and O–H groups in total. The molecule has 0 saturated heterocycles. The van der Waals surface area contributed by atoms with Crippen LogP contribution in [0.5, 0.6) is 0 Å². The van der Waals surface area contributed by atoms with Crippen molar-refractivity contribution in [3.63, 3.8) is 0 Å². The lowest BCUT2D eigenvalue weighted by Gasteiger charge is -2.04. The van der Waals surface area contributed by atoms with E-state index in [9.17, 15) is 14.9 Å². The summed E-state index contributed by atoms with van der Waals surface area (Å²) in [5, 5.41) is 11.3. The average Bonchev–Trinajstić information content (AvgIpc) is 2.41. The molecular formula is C13H6Cl3NO3. The molecular weight excluding hydrogens is 325 g/mol. The summed E-state index contributed by atoms with van der Waals surface area (Å²) in [6, 6.07) is 8.25. The minimum atomic E-state index is -0.645. The van der Waals surface area contributed by atoms with Crippen LogP contribution >= 0.6 is 34.8 Å². The smallest absolute Gasteiger partial charge is 0.288 e. The molecule has 0 aliphatic heterocycles. The first-order chi connectivity index (χ1) is 9.40. The van der Waals surface area contributed by atoms with Gasteiger partial charge in [0, 0.05) is 17.2 Å². The molecule has 0 aliphatic carbocycles. The number of nitro groups is 1. The van der Waals surface area contributed by atoms with E-state index in [0.29, 0.717) is 5.02 Å². The third-order valence-electron chi connectivity index (χ3n) is 2.59. The van der Waals surface area contributed by atoms with Crippen molar-refractivity contribution in [3.8, 4) is 0 Å². The number of nitrogens with zero attached hydrogens (tertiary/aromatic N) is 1. The van der Waals surface area contributed by atoms with Gasteiger partial charge in [-0.2, -0.15) is 0 Å². The maximum atomic E-state index is 12.2. The van der Waals surface area contributed by atoms with Gasteiger partial charge in [0.25, 0.3) is 5.69 Å². The average molecular weight is 331 g/mol. The lowest BCUT2D eigenvalue weighted by atomic mass is 10.0. The number of ketones is 1. The fraction of sp³-hybridized carbons (Fsp3) is 0. The van der Waals surface area contributed by atoms with Crippen LogP contribution < -0.4 is 0 Å². The number of hydrogen-bond acceptors (Lipinski definition) is 3. The van der Waals surface area contributed by atoms with E-state index >= 15 is 0 Å². The summed E-state index contributed by atoms with van der Waals surface area (Å²) >= 11 is 17.3. The summed E-state index contributed by atoms with van der Waals surface area (Å²) in [4.78, 5) is 22.4. The zero-order valence-corrected chi connectivity index (χ0v) is 12.0. The van der Waals surface area contributed by atoms with E-state index in [2.05, 4.69) is 0 Å². The van der Waals surface area contributed by atoms with Gasteiger partial charge in [-0.25, -0.2) is 0 Å². The SMILES string of the molecule is O=C(c1ccc(Cl)c(Cl)c1)c1ccc(Cl)c([N+](=O)[O-])c1. The van der Waals surface area contributed by atoms with Gasteiger partial charge in [-0.1, -0.05) is 34.8 Å². The van der Waals surface area contributed by atoms with Crippen LogP contribution in [-0.4, -0.2) is 10.7 Å². The first kappa shape index (κ1) is 14.8. The molecule has 7 heteroatoms. The van der Waals surface area contributed by atoms with Gasteiger partial charge in [-0.3, -0.25) is 14.9 Å². The molecule has 0 saturated carbocycles. The van der Waals surface area contributed by atoms with Gasteiger partial charge in [0.1, 0.15) is 5.02 Å². The highest BCUT2D eigenvalue weighted by Gasteiger charge is 2.17. The van der Waals surface area contributed by atoms with E-state index in [4.69, 9.17) is 34.8 Å². The molecule has 2 aromatic rings. The second-order valence-corrected chi connectivity index (χ2v) is 5.10. The quantitative estimate of drug-likeness (QED) is 0.462. The van der Waals surface area contributed by atoms with Gasteiger partial charge in [0.2, 0.25) is 0 Å². The molecule has 0 heterocycles. The molecule has 0 spiro atoms. The molecule has 0 fully saturated rings. The number of hydrogen-bond donors (Lipinski definition) is 0. The third kappa shape index (κ3) is 2.93. The number of rotatable bonds is 3. The van der Waals surface area contributed by atoms with Crippen molar-refractivity contribution in [2.24, 2.45) is 0 Å². The minimum Gasteiger partial charge on any atom is -0.289 e. The molecule has 4 nitrogen and oxygen atoms in total. The largest absolute Gasteiger partial charge is 0.289 e. The molecule has 0 atom stereocenters. The van der Waals surface area contributed by atoms with Crippen LogP contribution in [0.15, 0.2) is 36.4 Å². The van der Waals surface area contributed by atoms with Crippen molar-refractivity contribution < 1.29 is 9.72 Å². The molecule has 2 rings (SSSR count). The Hall–Kier alpha value is -1.62. The Labute approximate surface area is 129 Å². The second-order valence-electron chi connectivity index (χ2n) is 3.88. The van der Waals surface area contributed by atoms with Gasteiger partial charge in [0.05, 0.1) is 15.0 Å². The van der Waals surface area contributed by atoms with Crippen molar-refractivity contribution in [2.75, 3.05) is 0 Å². The van der Waals surface area contributed by atoms with Crippen molar-refractivity contribution in [1.29, 1.82) is 0 Å². The van der Waals surface area contributed by atoms with Crippen LogP contribution in [0.4, 0.5) is 5.69 Å². The predicted octanol–water partition coefficient (Wildman–Crippen LogP) is 4.79. The van der Waals surface area contributed by atoms with Crippen LogP contribution in [-0.2, 0) is 0 Å². The first-order valence-corrected chi connectivity index (χ1v) is 6.47. The maximum absolute atomic E-state index is 12.2. The summed E-state index contributed by atoms with van der Waals surface area (Å²) in [7, 11) is 0. The Kier molecular flexibility index (Phi) is 4.28. The zero-order chi connectivity index (χ0) is 14.9. The molecule has 20 heavy (non-hydrogen) atoms. The second kappa shape index (κ2) is 5.79. The summed E-state index contributed by atoms with van der Waals surface area (Å²) in [5.74, 6) is -0.400. The normalized spacial score (nSPS) is 10.3. The van der Waals surface area contributed by atoms with E-state index < -0.39 is 10.7 Å². The fourth-order valence-electron chi connectivity index (χ4n) is 1.60. The molecule has 0 bridgehead atoms. The number of carbonyl (C=O) groups is 1. The Bertz CT molecular complexity index is 716. The van der Waals surface area contributed by atoms with Crippen LogP contribution in [0.3, 0.4) is 0 Å². The van der Waals surface area contributed by atoms with E-state index in [0.717, 1.165) is 6.07 Å². The Balaban J connectivity index is 2.45. The van der Waals surface area contributed by atoms with Crippen LogP contribution in [0.25, 0.3) is 0 Å². The maximum Gasteiger partial charge on any atom is 0.288 e. The van der Waals surface area contributed by atoms with Gasteiger partial charge in [-0.05, 0) is 30.3 Å². The third-order valence-corrected chi connectivity index (χ3v) is 3.65. The van der Waals surface area contributed by atoms with E-state index in [1.165, 1.54) is 30.3 Å². The molecule has 102 valence electrons. The van der Waals surface area contributed by atoms with Gasteiger partial charge in [0.15, 0.2) is 5.78 Å². The van der Waals surface area contributed by atoms with E-state index in [1.807, 2.05) is 0 Å².